The molecule has 0 bridgehead atoms. The van der Waals surface area contributed by atoms with Gasteiger partial charge in [0.1, 0.15) is 0 Å². The molecule has 5 heteroatoms. The molecule has 2 aliphatic heterocycles. The SMILES string of the molecule is O=C(O)C1NN(CC2CCOC2)c2ccccc21. The maximum absolute atomic E-state index is 11.2. The molecular weight excluding hydrogens is 232 g/mol. The lowest BCUT2D eigenvalue weighted by molar-refractivity contribution is -0.139. The first-order valence-corrected chi connectivity index (χ1v) is 6.19. The molecule has 0 aromatic heterocycles. The summed E-state index contributed by atoms with van der Waals surface area (Å²) in [5.41, 5.74) is 4.87. The Balaban J connectivity index is 1.82. The quantitative estimate of drug-likeness (QED) is 0.841. The van der Waals surface area contributed by atoms with Crippen molar-refractivity contribution in [3.05, 3.63) is 29.8 Å². The molecule has 0 radical (unpaired) electrons. The van der Waals surface area contributed by atoms with Gasteiger partial charge in [0.05, 0.1) is 12.3 Å². The van der Waals surface area contributed by atoms with E-state index in [4.69, 9.17) is 4.74 Å². The van der Waals surface area contributed by atoms with Crippen LogP contribution in [0.1, 0.15) is 18.0 Å². The van der Waals surface area contributed by atoms with Gasteiger partial charge in [-0.05, 0) is 12.5 Å². The number of benzene rings is 1. The molecule has 0 spiro atoms. The molecule has 1 aromatic rings. The Morgan fingerprint density at radius 1 is 1.50 bits per heavy atom. The van der Waals surface area contributed by atoms with Gasteiger partial charge >= 0.3 is 5.97 Å². The molecule has 1 aromatic carbocycles. The molecule has 5 nitrogen and oxygen atoms in total. The molecule has 0 amide bonds. The van der Waals surface area contributed by atoms with Crippen LogP contribution >= 0.6 is 0 Å². The highest BCUT2D eigenvalue weighted by Crippen LogP contribution is 2.33. The van der Waals surface area contributed by atoms with Gasteiger partial charge in [0.2, 0.25) is 0 Å². The number of rotatable bonds is 3. The number of ether oxygens (including phenoxy) is 1. The average Bonchev–Trinajstić information content (AvgIpc) is 2.98. The van der Waals surface area contributed by atoms with Gasteiger partial charge < -0.3 is 14.9 Å². The Hall–Kier alpha value is -1.59. The fourth-order valence-electron chi connectivity index (χ4n) is 2.60. The molecule has 1 saturated heterocycles. The van der Waals surface area contributed by atoms with E-state index in [9.17, 15) is 9.90 Å². The van der Waals surface area contributed by atoms with Crippen molar-refractivity contribution in [1.29, 1.82) is 0 Å². The van der Waals surface area contributed by atoms with E-state index in [0.717, 1.165) is 37.4 Å². The van der Waals surface area contributed by atoms with Crippen LogP contribution in [0.25, 0.3) is 0 Å². The number of aliphatic carboxylic acids is 1. The molecule has 2 atom stereocenters. The molecule has 3 rings (SSSR count). The fourth-order valence-corrected chi connectivity index (χ4v) is 2.60. The normalized spacial score (nSPS) is 26.3. The largest absolute Gasteiger partial charge is 0.480 e. The summed E-state index contributed by atoms with van der Waals surface area (Å²) in [6, 6.07) is 7.00. The summed E-state index contributed by atoms with van der Waals surface area (Å²) in [6.45, 7) is 2.36. The van der Waals surface area contributed by atoms with Crippen molar-refractivity contribution in [2.24, 2.45) is 5.92 Å². The summed E-state index contributed by atoms with van der Waals surface area (Å²) in [5.74, 6) is -0.370. The van der Waals surface area contributed by atoms with Gasteiger partial charge in [0.15, 0.2) is 6.04 Å². The van der Waals surface area contributed by atoms with E-state index >= 15 is 0 Å². The number of anilines is 1. The second kappa shape index (κ2) is 4.59. The number of carboxylic acid groups (broad SMARTS) is 1. The third-order valence-corrected chi connectivity index (χ3v) is 3.54. The topological polar surface area (TPSA) is 61.8 Å². The van der Waals surface area contributed by atoms with Crippen LogP contribution in [0.5, 0.6) is 0 Å². The number of fused-ring (bicyclic) bond motifs is 1. The summed E-state index contributed by atoms with van der Waals surface area (Å²) in [4.78, 5) is 11.2. The summed E-state index contributed by atoms with van der Waals surface area (Å²) >= 11 is 0. The van der Waals surface area contributed by atoms with E-state index in [2.05, 4.69) is 5.43 Å². The summed E-state index contributed by atoms with van der Waals surface area (Å²) in [5, 5.41) is 11.2. The zero-order valence-electron chi connectivity index (χ0n) is 10.0. The van der Waals surface area contributed by atoms with E-state index in [1.807, 2.05) is 29.3 Å². The van der Waals surface area contributed by atoms with Crippen molar-refractivity contribution in [2.45, 2.75) is 12.5 Å². The predicted molar refractivity (Wildman–Crippen MR) is 66.2 cm³/mol. The van der Waals surface area contributed by atoms with Gasteiger partial charge in [0.25, 0.3) is 0 Å². The number of para-hydroxylation sites is 1. The highest BCUT2D eigenvalue weighted by Gasteiger charge is 2.34. The first kappa shape index (κ1) is 11.5. The Morgan fingerprint density at radius 3 is 3.06 bits per heavy atom. The molecular formula is C13H16N2O3. The highest BCUT2D eigenvalue weighted by atomic mass is 16.5. The first-order chi connectivity index (χ1) is 8.75. The monoisotopic (exact) mass is 248 g/mol. The van der Waals surface area contributed by atoms with Crippen LogP contribution in [-0.4, -0.2) is 30.8 Å². The van der Waals surface area contributed by atoms with Gasteiger partial charge in [-0.1, -0.05) is 18.2 Å². The average molecular weight is 248 g/mol. The van der Waals surface area contributed by atoms with Gasteiger partial charge in [-0.3, -0.25) is 4.79 Å². The van der Waals surface area contributed by atoms with Crippen molar-refractivity contribution >= 4 is 11.7 Å². The minimum atomic E-state index is -0.840. The van der Waals surface area contributed by atoms with E-state index in [-0.39, 0.29) is 0 Å². The molecule has 2 heterocycles. The van der Waals surface area contributed by atoms with Crippen LogP contribution in [0.4, 0.5) is 5.69 Å². The molecule has 1 fully saturated rings. The summed E-state index contributed by atoms with van der Waals surface area (Å²) in [6.07, 6.45) is 1.04. The second-order valence-corrected chi connectivity index (χ2v) is 4.80. The number of nitrogens with one attached hydrogen (secondary N) is 1. The summed E-state index contributed by atoms with van der Waals surface area (Å²) < 4.78 is 5.36. The second-order valence-electron chi connectivity index (χ2n) is 4.80. The standard InChI is InChI=1S/C13H16N2O3/c16-13(17)12-10-3-1-2-4-11(10)15(14-12)7-9-5-6-18-8-9/h1-4,9,12,14H,5-8H2,(H,16,17). The van der Waals surface area contributed by atoms with Crippen molar-refractivity contribution in [2.75, 3.05) is 24.8 Å². The first-order valence-electron chi connectivity index (χ1n) is 6.19. The molecule has 2 N–H and O–H groups in total. The minimum Gasteiger partial charge on any atom is -0.480 e. The predicted octanol–water partition coefficient (Wildman–Crippen LogP) is 1.17. The zero-order chi connectivity index (χ0) is 12.5. The van der Waals surface area contributed by atoms with Crippen LogP contribution in [0.3, 0.4) is 0 Å². The van der Waals surface area contributed by atoms with E-state index in [1.165, 1.54) is 0 Å². The lowest BCUT2D eigenvalue weighted by Gasteiger charge is -2.22. The molecule has 0 aliphatic carbocycles. The Labute approximate surface area is 105 Å². The number of carbonyl (C=O) groups is 1. The maximum Gasteiger partial charge on any atom is 0.327 e. The van der Waals surface area contributed by atoms with Crippen LogP contribution in [0.2, 0.25) is 0 Å². The lowest BCUT2D eigenvalue weighted by atomic mass is 10.1. The van der Waals surface area contributed by atoms with Crippen molar-refractivity contribution in [3.63, 3.8) is 0 Å². The van der Waals surface area contributed by atoms with E-state index in [1.54, 1.807) is 0 Å². The number of hydrogen-bond acceptors (Lipinski definition) is 4. The number of hydrogen-bond donors (Lipinski definition) is 2. The smallest absolute Gasteiger partial charge is 0.327 e. The van der Waals surface area contributed by atoms with E-state index < -0.39 is 12.0 Å². The molecule has 96 valence electrons. The maximum atomic E-state index is 11.2. The highest BCUT2D eigenvalue weighted by molar-refractivity contribution is 5.81. The van der Waals surface area contributed by atoms with Crippen LogP contribution in [0.15, 0.2) is 24.3 Å². The van der Waals surface area contributed by atoms with Crippen molar-refractivity contribution in [1.82, 2.24) is 5.43 Å². The third-order valence-electron chi connectivity index (χ3n) is 3.54. The number of nitrogens with zero attached hydrogens (tertiary/aromatic N) is 1. The Bertz CT molecular complexity index is 457. The summed E-state index contributed by atoms with van der Waals surface area (Å²) in [7, 11) is 0. The van der Waals surface area contributed by atoms with Crippen LogP contribution in [-0.2, 0) is 9.53 Å². The zero-order valence-corrected chi connectivity index (χ0v) is 10.0. The van der Waals surface area contributed by atoms with E-state index in [0.29, 0.717) is 5.92 Å². The molecule has 0 saturated carbocycles. The Morgan fingerprint density at radius 2 is 2.33 bits per heavy atom. The fraction of sp³-hybridized carbons (Fsp3) is 0.462. The van der Waals surface area contributed by atoms with Crippen LogP contribution in [0, 0.1) is 5.92 Å². The van der Waals surface area contributed by atoms with Gasteiger partial charge in [-0.25, -0.2) is 5.43 Å². The number of carboxylic acids is 1. The van der Waals surface area contributed by atoms with Gasteiger partial charge in [-0.15, -0.1) is 0 Å². The minimum absolute atomic E-state index is 0.470. The molecule has 2 aliphatic rings. The molecule has 18 heavy (non-hydrogen) atoms. The van der Waals surface area contributed by atoms with Crippen molar-refractivity contribution in [3.8, 4) is 0 Å². The number of hydrazine groups is 1. The van der Waals surface area contributed by atoms with Gasteiger partial charge in [0, 0.05) is 24.6 Å². The third kappa shape index (κ3) is 1.95. The lowest BCUT2D eigenvalue weighted by Crippen LogP contribution is -2.40. The van der Waals surface area contributed by atoms with Gasteiger partial charge in [-0.2, -0.15) is 0 Å². The molecule has 2 unspecified atom stereocenters. The Kier molecular flexibility index (Phi) is 2.93. The van der Waals surface area contributed by atoms with Crippen molar-refractivity contribution < 1.29 is 14.6 Å². The van der Waals surface area contributed by atoms with Crippen LogP contribution < -0.4 is 10.4 Å².